The van der Waals surface area contributed by atoms with Crippen molar-refractivity contribution in [1.29, 1.82) is 0 Å². The van der Waals surface area contributed by atoms with Crippen LogP contribution in [-0.4, -0.2) is 29.1 Å². The Labute approximate surface area is 185 Å². The molecule has 1 aromatic heterocycles. The minimum absolute atomic E-state index is 0.0118. The number of nitro benzene ring substituents is 1. The molecule has 0 spiro atoms. The number of thioether (sulfide) groups is 1. The van der Waals surface area contributed by atoms with Crippen LogP contribution < -0.4 is 5.32 Å². The number of methoxy groups -OCH3 is 1. The summed E-state index contributed by atoms with van der Waals surface area (Å²) < 4.78 is 10.5. The van der Waals surface area contributed by atoms with Crippen LogP contribution in [-0.2, 0) is 9.53 Å². The quantitative estimate of drug-likeness (QED) is 0.263. The van der Waals surface area contributed by atoms with E-state index in [4.69, 9.17) is 9.15 Å². The van der Waals surface area contributed by atoms with Gasteiger partial charge in [-0.3, -0.25) is 14.9 Å². The molecule has 10 heteroatoms. The summed E-state index contributed by atoms with van der Waals surface area (Å²) in [7, 11) is 1.29. The Bertz CT molecular complexity index is 1280. The third kappa shape index (κ3) is 4.44. The third-order valence-corrected chi connectivity index (χ3v) is 5.35. The standard InChI is InChI=1S/C22H15N3O6S/c1-30-21(27)16-4-2-3-5-17(16)23-22-24-20(26)19(32-22)12-15-10-11-18(31-15)13-6-8-14(9-7-13)25(28)29/h2-12H,1H3,(H,23,24,26)/b19-12+. The molecule has 0 atom stereocenters. The number of hydrogen-bond acceptors (Lipinski definition) is 8. The van der Waals surface area contributed by atoms with E-state index in [1.54, 1.807) is 54.6 Å². The maximum Gasteiger partial charge on any atom is 0.340 e. The Balaban J connectivity index is 1.54. The second-order valence-corrected chi connectivity index (χ2v) is 7.53. The van der Waals surface area contributed by atoms with Crippen molar-refractivity contribution in [3.63, 3.8) is 0 Å². The van der Waals surface area contributed by atoms with Crippen molar-refractivity contribution in [1.82, 2.24) is 5.32 Å². The minimum Gasteiger partial charge on any atom is -0.465 e. The first-order chi connectivity index (χ1) is 15.4. The van der Waals surface area contributed by atoms with Crippen LogP contribution >= 0.6 is 11.8 Å². The topological polar surface area (TPSA) is 124 Å². The summed E-state index contributed by atoms with van der Waals surface area (Å²) in [5.74, 6) is 0.0743. The number of nitrogens with one attached hydrogen (secondary N) is 1. The van der Waals surface area contributed by atoms with E-state index < -0.39 is 10.9 Å². The number of carbonyl (C=O) groups excluding carboxylic acids is 2. The van der Waals surface area contributed by atoms with E-state index in [2.05, 4.69) is 10.3 Å². The number of benzene rings is 2. The van der Waals surface area contributed by atoms with Crippen LogP contribution in [0.1, 0.15) is 16.1 Å². The monoisotopic (exact) mass is 449 g/mol. The van der Waals surface area contributed by atoms with Crippen molar-refractivity contribution >= 4 is 46.3 Å². The predicted octanol–water partition coefficient (Wildman–Crippen LogP) is 4.53. The number of para-hydroxylation sites is 1. The zero-order chi connectivity index (χ0) is 22.7. The number of esters is 1. The molecule has 2 heterocycles. The van der Waals surface area contributed by atoms with Crippen molar-refractivity contribution < 1.29 is 23.7 Å². The van der Waals surface area contributed by atoms with E-state index in [1.807, 2.05) is 0 Å². The number of rotatable bonds is 5. The van der Waals surface area contributed by atoms with Crippen molar-refractivity contribution in [3.8, 4) is 11.3 Å². The average Bonchev–Trinajstić information content (AvgIpc) is 3.40. The molecule has 0 bridgehead atoms. The van der Waals surface area contributed by atoms with E-state index in [1.165, 1.54) is 19.2 Å². The highest BCUT2D eigenvalue weighted by Gasteiger charge is 2.25. The largest absolute Gasteiger partial charge is 0.465 e. The molecule has 2 aromatic carbocycles. The number of non-ortho nitro benzene ring substituents is 1. The molecule has 4 rings (SSSR count). The highest BCUT2D eigenvalue weighted by molar-refractivity contribution is 8.18. The van der Waals surface area contributed by atoms with Crippen molar-refractivity contribution in [3.05, 3.63) is 87.0 Å². The molecule has 1 amide bonds. The summed E-state index contributed by atoms with van der Waals surface area (Å²) in [6.07, 6.45) is 1.57. The van der Waals surface area contributed by atoms with Crippen LogP contribution in [0.3, 0.4) is 0 Å². The molecule has 1 aliphatic rings. The van der Waals surface area contributed by atoms with Gasteiger partial charge in [0.05, 0.1) is 28.2 Å². The summed E-state index contributed by atoms with van der Waals surface area (Å²) >= 11 is 1.11. The van der Waals surface area contributed by atoms with Crippen molar-refractivity contribution in [2.45, 2.75) is 0 Å². The van der Waals surface area contributed by atoms with Crippen LogP contribution in [0.15, 0.2) is 75.0 Å². The Morgan fingerprint density at radius 1 is 1.16 bits per heavy atom. The normalized spacial score (nSPS) is 15.7. The first-order valence-electron chi connectivity index (χ1n) is 9.26. The zero-order valence-corrected chi connectivity index (χ0v) is 17.4. The summed E-state index contributed by atoms with van der Waals surface area (Å²) in [6.45, 7) is 0. The first kappa shape index (κ1) is 21.1. The molecule has 1 N–H and O–H groups in total. The molecule has 1 aliphatic heterocycles. The first-order valence-corrected chi connectivity index (χ1v) is 10.1. The highest BCUT2D eigenvalue weighted by atomic mass is 32.2. The van der Waals surface area contributed by atoms with E-state index in [-0.39, 0.29) is 17.2 Å². The van der Waals surface area contributed by atoms with Gasteiger partial charge in [0.15, 0.2) is 5.17 Å². The summed E-state index contributed by atoms with van der Waals surface area (Å²) in [4.78, 5) is 39.3. The summed E-state index contributed by atoms with van der Waals surface area (Å²) in [5, 5.41) is 13.8. The molecule has 32 heavy (non-hydrogen) atoms. The van der Waals surface area contributed by atoms with Crippen LogP contribution in [0.4, 0.5) is 11.4 Å². The minimum atomic E-state index is -0.524. The van der Waals surface area contributed by atoms with Crippen LogP contribution in [0.2, 0.25) is 0 Å². The lowest BCUT2D eigenvalue weighted by Gasteiger charge is -2.03. The van der Waals surface area contributed by atoms with Crippen LogP contribution in [0, 0.1) is 10.1 Å². The van der Waals surface area contributed by atoms with Gasteiger partial charge in [-0.05, 0) is 48.2 Å². The van der Waals surface area contributed by atoms with Crippen molar-refractivity contribution in [2.75, 3.05) is 7.11 Å². The SMILES string of the molecule is COC(=O)c1ccccc1N=C1NC(=O)/C(=C\c2ccc(-c3ccc([N+](=O)[O-])cc3)o2)S1. The Hall–Kier alpha value is -4.18. The van der Waals surface area contributed by atoms with Crippen molar-refractivity contribution in [2.24, 2.45) is 4.99 Å². The van der Waals surface area contributed by atoms with Gasteiger partial charge in [-0.2, -0.15) is 0 Å². The van der Waals surface area contributed by atoms with Gasteiger partial charge in [0.25, 0.3) is 11.6 Å². The molecule has 0 saturated carbocycles. The lowest BCUT2D eigenvalue weighted by molar-refractivity contribution is -0.384. The number of hydrogen-bond donors (Lipinski definition) is 1. The van der Waals surface area contributed by atoms with Gasteiger partial charge < -0.3 is 14.5 Å². The van der Waals surface area contributed by atoms with E-state index in [0.717, 1.165) is 11.8 Å². The highest BCUT2D eigenvalue weighted by Crippen LogP contribution is 2.31. The lowest BCUT2D eigenvalue weighted by Crippen LogP contribution is -2.19. The second kappa shape index (κ2) is 8.90. The number of furan rings is 1. The van der Waals surface area contributed by atoms with E-state index in [0.29, 0.717) is 32.8 Å². The molecule has 9 nitrogen and oxygen atoms in total. The second-order valence-electron chi connectivity index (χ2n) is 6.50. The van der Waals surface area contributed by atoms with E-state index in [9.17, 15) is 19.7 Å². The van der Waals surface area contributed by atoms with Gasteiger partial charge in [-0.25, -0.2) is 9.79 Å². The molecule has 0 radical (unpaired) electrons. The zero-order valence-electron chi connectivity index (χ0n) is 16.6. The molecule has 1 fully saturated rings. The predicted molar refractivity (Wildman–Crippen MR) is 119 cm³/mol. The fraction of sp³-hybridized carbons (Fsp3) is 0.0455. The number of amidine groups is 1. The molecule has 3 aromatic rings. The maximum absolute atomic E-state index is 12.4. The average molecular weight is 449 g/mol. The number of amides is 1. The van der Waals surface area contributed by atoms with Crippen LogP contribution in [0.5, 0.6) is 0 Å². The molecule has 160 valence electrons. The van der Waals surface area contributed by atoms with Gasteiger partial charge in [0.1, 0.15) is 11.5 Å². The Kier molecular flexibility index (Phi) is 5.86. The molecule has 0 aliphatic carbocycles. The molecule has 0 unspecified atom stereocenters. The number of nitrogens with zero attached hydrogens (tertiary/aromatic N) is 2. The van der Waals surface area contributed by atoms with Gasteiger partial charge >= 0.3 is 5.97 Å². The summed E-state index contributed by atoms with van der Waals surface area (Å²) in [5.41, 5.74) is 1.32. The fourth-order valence-corrected chi connectivity index (χ4v) is 3.72. The van der Waals surface area contributed by atoms with Gasteiger partial charge in [0.2, 0.25) is 0 Å². The Morgan fingerprint density at radius 3 is 2.62 bits per heavy atom. The number of nitro groups is 1. The van der Waals surface area contributed by atoms with Gasteiger partial charge in [-0.1, -0.05) is 12.1 Å². The van der Waals surface area contributed by atoms with E-state index >= 15 is 0 Å². The summed E-state index contributed by atoms with van der Waals surface area (Å²) in [6, 6.07) is 16.0. The third-order valence-electron chi connectivity index (χ3n) is 4.45. The molecular formula is C22H15N3O6S. The van der Waals surface area contributed by atoms with Gasteiger partial charge in [-0.15, -0.1) is 0 Å². The van der Waals surface area contributed by atoms with Gasteiger partial charge in [0, 0.05) is 23.8 Å². The Morgan fingerprint density at radius 2 is 1.91 bits per heavy atom. The number of aliphatic imine (C=N–C) groups is 1. The van der Waals surface area contributed by atoms with Crippen LogP contribution in [0.25, 0.3) is 17.4 Å². The number of ether oxygens (including phenoxy) is 1. The maximum atomic E-state index is 12.4. The molecule has 1 saturated heterocycles. The fourth-order valence-electron chi connectivity index (χ4n) is 2.91. The molecular weight excluding hydrogens is 434 g/mol. The number of carbonyl (C=O) groups is 2. The smallest absolute Gasteiger partial charge is 0.340 e. The lowest BCUT2D eigenvalue weighted by atomic mass is 10.1.